The maximum Gasteiger partial charge on any atom is 0.251 e. The normalized spacial score (nSPS) is 21.8. The molecule has 0 aromatic heterocycles. The number of rotatable bonds is 4. The average Bonchev–Trinajstić information content (AvgIpc) is 3.16. The van der Waals surface area contributed by atoms with Crippen LogP contribution in [0.4, 0.5) is 5.69 Å². The van der Waals surface area contributed by atoms with Gasteiger partial charge in [-0.15, -0.1) is 0 Å². The molecule has 5 heteroatoms. The van der Waals surface area contributed by atoms with Gasteiger partial charge in [0.15, 0.2) is 0 Å². The highest BCUT2D eigenvalue weighted by Gasteiger charge is 2.21. The fourth-order valence-electron chi connectivity index (χ4n) is 2.96. The molecule has 2 N–H and O–H groups in total. The fraction of sp³-hybridized carbons (Fsp3) is 0.500. The highest BCUT2D eigenvalue weighted by Crippen LogP contribution is 2.21. The molecule has 112 valence electrons. The summed E-state index contributed by atoms with van der Waals surface area (Å²) in [7, 11) is 0. The van der Waals surface area contributed by atoms with Crippen LogP contribution in [0.2, 0.25) is 0 Å². The van der Waals surface area contributed by atoms with E-state index in [1.807, 2.05) is 12.1 Å². The monoisotopic (exact) mass is 287 g/mol. The van der Waals surface area contributed by atoms with E-state index in [4.69, 9.17) is 0 Å². The summed E-state index contributed by atoms with van der Waals surface area (Å²) in [4.78, 5) is 25.5. The molecule has 1 unspecified atom stereocenters. The predicted molar refractivity (Wildman–Crippen MR) is 81.4 cm³/mol. The van der Waals surface area contributed by atoms with Crippen molar-refractivity contribution in [1.82, 2.24) is 10.6 Å². The fourth-order valence-corrected chi connectivity index (χ4v) is 2.96. The molecule has 0 aliphatic carbocycles. The first-order chi connectivity index (χ1) is 10.2. The van der Waals surface area contributed by atoms with Gasteiger partial charge in [-0.05, 0) is 50.1 Å². The predicted octanol–water partition coefficient (Wildman–Crippen LogP) is 1.30. The van der Waals surface area contributed by atoms with E-state index in [1.165, 1.54) is 6.42 Å². The maximum atomic E-state index is 12.1. The first-order valence-corrected chi connectivity index (χ1v) is 7.66. The Morgan fingerprint density at radius 2 is 2.10 bits per heavy atom. The van der Waals surface area contributed by atoms with Crippen LogP contribution in [0.15, 0.2) is 24.3 Å². The molecule has 2 aliphatic rings. The van der Waals surface area contributed by atoms with Gasteiger partial charge in [0.2, 0.25) is 5.91 Å². The first kappa shape index (κ1) is 14.1. The molecular formula is C16H21N3O2. The van der Waals surface area contributed by atoms with Crippen molar-refractivity contribution in [3.8, 4) is 0 Å². The zero-order valence-electron chi connectivity index (χ0n) is 12.1. The van der Waals surface area contributed by atoms with Gasteiger partial charge in [0, 0.05) is 36.8 Å². The topological polar surface area (TPSA) is 61.4 Å². The summed E-state index contributed by atoms with van der Waals surface area (Å²) in [6, 6.07) is 7.68. The zero-order chi connectivity index (χ0) is 14.7. The Hall–Kier alpha value is -1.88. The third-order valence-corrected chi connectivity index (χ3v) is 4.19. The van der Waals surface area contributed by atoms with Crippen LogP contribution >= 0.6 is 0 Å². The summed E-state index contributed by atoms with van der Waals surface area (Å²) in [6.07, 6.45) is 3.83. The molecule has 21 heavy (non-hydrogen) atoms. The summed E-state index contributed by atoms with van der Waals surface area (Å²) in [6.45, 7) is 2.49. The third kappa shape index (κ3) is 3.24. The summed E-state index contributed by atoms with van der Waals surface area (Å²) in [5.41, 5.74) is 1.52. The van der Waals surface area contributed by atoms with Gasteiger partial charge >= 0.3 is 0 Å². The van der Waals surface area contributed by atoms with E-state index < -0.39 is 0 Å². The van der Waals surface area contributed by atoms with Crippen LogP contribution in [0.3, 0.4) is 0 Å². The first-order valence-electron chi connectivity index (χ1n) is 7.66. The van der Waals surface area contributed by atoms with Crippen LogP contribution in [0, 0.1) is 0 Å². The Labute approximate surface area is 124 Å². The minimum Gasteiger partial charge on any atom is -0.350 e. The van der Waals surface area contributed by atoms with E-state index in [0.29, 0.717) is 24.6 Å². The van der Waals surface area contributed by atoms with Crippen molar-refractivity contribution in [2.24, 2.45) is 0 Å². The van der Waals surface area contributed by atoms with Crippen molar-refractivity contribution in [3.63, 3.8) is 0 Å². The number of carbonyl (C=O) groups is 2. The summed E-state index contributed by atoms with van der Waals surface area (Å²) < 4.78 is 0. The van der Waals surface area contributed by atoms with Gasteiger partial charge in [-0.3, -0.25) is 9.59 Å². The zero-order valence-corrected chi connectivity index (χ0v) is 12.1. The van der Waals surface area contributed by atoms with Crippen LogP contribution in [0.25, 0.3) is 0 Å². The second-order valence-electron chi connectivity index (χ2n) is 5.70. The van der Waals surface area contributed by atoms with Gasteiger partial charge in [0.1, 0.15) is 0 Å². The maximum absolute atomic E-state index is 12.1. The molecule has 3 rings (SSSR count). The lowest BCUT2D eigenvalue weighted by atomic mass is 10.1. The number of carbonyl (C=O) groups excluding carboxylic acids is 2. The van der Waals surface area contributed by atoms with Gasteiger partial charge < -0.3 is 15.5 Å². The lowest BCUT2D eigenvalue weighted by Crippen LogP contribution is -2.37. The second kappa shape index (κ2) is 6.26. The Morgan fingerprint density at radius 3 is 2.71 bits per heavy atom. The molecule has 2 saturated heterocycles. The van der Waals surface area contributed by atoms with Gasteiger partial charge in [-0.1, -0.05) is 0 Å². The molecule has 1 atom stereocenters. The lowest BCUT2D eigenvalue weighted by molar-refractivity contribution is -0.117. The van der Waals surface area contributed by atoms with Gasteiger partial charge in [-0.2, -0.15) is 0 Å². The van der Waals surface area contributed by atoms with Crippen LogP contribution < -0.4 is 15.5 Å². The van der Waals surface area contributed by atoms with Crippen molar-refractivity contribution in [3.05, 3.63) is 29.8 Å². The lowest BCUT2D eigenvalue weighted by Gasteiger charge is -2.16. The van der Waals surface area contributed by atoms with Crippen LogP contribution in [0.1, 0.15) is 36.0 Å². The van der Waals surface area contributed by atoms with Crippen molar-refractivity contribution in [2.45, 2.75) is 31.7 Å². The van der Waals surface area contributed by atoms with Crippen molar-refractivity contribution < 1.29 is 9.59 Å². The number of hydrogen-bond acceptors (Lipinski definition) is 3. The van der Waals surface area contributed by atoms with E-state index in [0.717, 1.165) is 31.6 Å². The minimum absolute atomic E-state index is 0.0528. The molecule has 0 spiro atoms. The Bertz CT molecular complexity index is 521. The summed E-state index contributed by atoms with van der Waals surface area (Å²) >= 11 is 0. The SMILES string of the molecule is O=C(NCC1CCCN1)c1ccc(N2CCCC2=O)cc1. The largest absolute Gasteiger partial charge is 0.350 e. The van der Waals surface area contributed by atoms with Crippen LogP contribution in [0.5, 0.6) is 0 Å². The average molecular weight is 287 g/mol. The molecule has 2 heterocycles. The van der Waals surface area contributed by atoms with Crippen molar-refractivity contribution in [2.75, 3.05) is 24.5 Å². The van der Waals surface area contributed by atoms with Crippen LogP contribution in [-0.4, -0.2) is 37.5 Å². The molecule has 5 nitrogen and oxygen atoms in total. The molecule has 2 fully saturated rings. The standard InChI is InChI=1S/C16H21N3O2/c20-15-4-2-10-19(15)14-7-5-12(6-8-14)16(21)18-11-13-3-1-9-17-13/h5-8,13,17H,1-4,9-11H2,(H,18,21). The molecule has 2 amide bonds. The number of amides is 2. The Kier molecular flexibility index (Phi) is 4.20. The minimum atomic E-state index is -0.0528. The molecule has 1 aromatic rings. The van der Waals surface area contributed by atoms with Gasteiger partial charge in [0.05, 0.1) is 0 Å². The van der Waals surface area contributed by atoms with E-state index in [-0.39, 0.29) is 11.8 Å². The summed E-state index contributed by atoms with van der Waals surface area (Å²) in [5.74, 6) is 0.113. The number of benzene rings is 1. The van der Waals surface area contributed by atoms with E-state index in [1.54, 1.807) is 17.0 Å². The highest BCUT2D eigenvalue weighted by molar-refractivity contribution is 5.97. The number of nitrogens with one attached hydrogen (secondary N) is 2. The smallest absolute Gasteiger partial charge is 0.251 e. The van der Waals surface area contributed by atoms with E-state index in [2.05, 4.69) is 10.6 Å². The second-order valence-corrected chi connectivity index (χ2v) is 5.70. The molecule has 1 aromatic carbocycles. The Balaban J connectivity index is 1.58. The summed E-state index contributed by atoms with van der Waals surface area (Å²) in [5, 5.41) is 6.31. The number of hydrogen-bond donors (Lipinski definition) is 2. The van der Waals surface area contributed by atoms with E-state index in [9.17, 15) is 9.59 Å². The van der Waals surface area contributed by atoms with E-state index >= 15 is 0 Å². The number of nitrogens with zero attached hydrogens (tertiary/aromatic N) is 1. The third-order valence-electron chi connectivity index (χ3n) is 4.19. The molecule has 2 aliphatic heterocycles. The quantitative estimate of drug-likeness (QED) is 0.877. The van der Waals surface area contributed by atoms with Crippen molar-refractivity contribution in [1.29, 1.82) is 0 Å². The van der Waals surface area contributed by atoms with Gasteiger partial charge in [-0.25, -0.2) is 0 Å². The highest BCUT2D eigenvalue weighted by atomic mass is 16.2. The molecule has 0 saturated carbocycles. The van der Waals surface area contributed by atoms with Crippen molar-refractivity contribution >= 4 is 17.5 Å². The molecule has 0 radical (unpaired) electrons. The molecule has 0 bridgehead atoms. The number of anilines is 1. The van der Waals surface area contributed by atoms with Crippen LogP contribution in [-0.2, 0) is 4.79 Å². The molecular weight excluding hydrogens is 266 g/mol. The Morgan fingerprint density at radius 1 is 1.29 bits per heavy atom. The van der Waals surface area contributed by atoms with Gasteiger partial charge in [0.25, 0.3) is 5.91 Å².